The third-order valence-electron chi connectivity index (χ3n) is 4.79. The van der Waals surface area contributed by atoms with Gasteiger partial charge in [0.2, 0.25) is 5.91 Å². The van der Waals surface area contributed by atoms with Gasteiger partial charge < -0.3 is 15.8 Å². The molecule has 0 unspecified atom stereocenters. The maximum Gasteiger partial charge on any atom is 0.341 e. The van der Waals surface area contributed by atoms with Gasteiger partial charge in [-0.25, -0.2) is 4.79 Å². The Kier molecular flexibility index (Phi) is 7.92. The molecule has 0 aromatic carbocycles. The first-order valence-electron chi connectivity index (χ1n) is 10.1. The summed E-state index contributed by atoms with van der Waals surface area (Å²) >= 11 is 3.88. The lowest BCUT2D eigenvalue weighted by molar-refractivity contribution is -0.113. The van der Waals surface area contributed by atoms with Gasteiger partial charge in [-0.15, -0.1) is 32.9 Å². The molecule has 3 N–H and O–H groups in total. The number of rotatable bonds is 9. The van der Waals surface area contributed by atoms with Gasteiger partial charge in [0.15, 0.2) is 11.0 Å². The number of anilines is 1. The van der Waals surface area contributed by atoms with Gasteiger partial charge in [-0.2, -0.15) is 0 Å². The summed E-state index contributed by atoms with van der Waals surface area (Å²) in [6.45, 7) is 7.77. The minimum absolute atomic E-state index is 0.0398. The Bertz CT molecular complexity index is 1190. The fraction of sp³-hybridized carbons (Fsp3) is 0.381. The molecule has 0 radical (unpaired) electrons. The fourth-order valence-corrected chi connectivity index (χ4v) is 5.94. The number of nitrogens with two attached hydrogens (primary N) is 1. The van der Waals surface area contributed by atoms with Gasteiger partial charge in [0.25, 0.3) is 5.91 Å². The maximum absolute atomic E-state index is 12.7. The van der Waals surface area contributed by atoms with E-state index in [9.17, 15) is 14.4 Å². The van der Waals surface area contributed by atoms with Crippen molar-refractivity contribution in [1.82, 2.24) is 14.8 Å². The Morgan fingerprint density at radius 3 is 2.61 bits per heavy atom. The second kappa shape index (κ2) is 10.5. The molecule has 0 spiro atoms. The minimum atomic E-state index is -0.672. The van der Waals surface area contributed by atoms with Gasteiger partial charge in [0.1, 0.15) is 5.00 Å². The smallest absolute Gasteiger partial charge is 0.341 e. The number of hydrogen-bond acceptors (Lipinski definition) is 9. The molecule has 3 rings (SSSR count). The van der Waals surface area contributed by atoms with Crippen LogP contribution in [-0.4, -0.2) is 45.4 Å². The van der Waals surface area contributed by atoms with Crippen LogP contribution < -0.4 is 11.1 Å². The van der Waals surface area contributed by atoms with Crippen molar-refractivity contribution in [3.63, 3.8) is 0 Å². The van der Waals surface area contributed by atoms with E-state index in [0.717, 1.165) is 29.1 Å². The van der Waals surface area contributed by atoms with Crippen molar-refractivity contribution < 1.29 is 19.1 Å². The van der Waals surface area contributed by atoms with Gasteiger partial charge in [0.05, 0.1) is 23.3 Å². The first-order valence-corrected chi connectivity index (χ1v) is 12.8. The molecule has 2 amide bonds. The van der Waals surface area contributed by atoms with Crippen LogP contribution in [0.3, 0.4) is 0 Å². The number of primary amides is 1. The van der Waals surface area contributed by atoms with Crippen molar-refractivity contribution in [3.05, 3.63) is 32.3 Å². The monoisotopic (exact) mass is 507 g/mol. The highest BCUT2D eigenvalue weighted by atomic mass is 32.2. The van der Waals surface area contributed by atoms with E-state index in [1.807, 2.05) is 18.4 Å². The number of thiophene rings is 2. The van der Waals surface area contributed by atoms with Crippen LogP contribution in [0, 0.1) is 6.92 Å². The van der Waals surface area contributed by atoms with E-state index in [4.69, 9.17) is 10.5 Å². The highest BCUT2D eigenvalue weighted by molar-refractivity contribution is 7.99. The number of nitrogens with zero attached hydrogens (tertiary/aromatic N) is 3. The topological polar surface area (TPSA) is 129 Å². The van der Waals surface area contributed by atoms with E-state index in [1.165, 1.54) is 23.7 Å². The van der Waals surface area contributed by atoms with Crippen molar-refractivity contribution in [1.29, 1.82) is 0 Å². The first kappa shape index (κ1) is 24.9. The lowest BCUT2D eigenvalue weighted by Gasteiger charge is -2.13. The van der Waals surface area contributed by atoms with Gasteiger partial charge in [-0.1, -0.05) is 18.7 Å². The number of carbonyl (C=O) groups is 3. The third kappa shape index (κ3) is 5.28. The zero-order valence-corrected chi connectivity index (χ0v) is 21.4. The second-order valence-electron chi connectivity index (χ2n) is 7.38. The van der Waals surface area contributed by atoms with Gasteiger partial charge in [-0.3, -0.25) is 14.2 Å². The second-order valence-corrected chi connectivity index (χ2v) is 10.3. The van der Waals surface area contributed by atoms with Crippen LogP contribution in [0.1, 0.15) is 57.3 Å². The van der Waals surface area contributed by atoms with E-state index < -0.39 is 11.9 Å². The number of hydrogen-bond donors (Lipinski definition) is 2. The van der Waals surface area contributed by atoms with E-state index >= 15 is 0 Å². The molecular formula is C21H25N5O4S3. The average molecular weight is 508 g/mol. The van der Waals surface area contributed by atoms with E-state index in [1.54, 1.807) is 18.3 Å². The van der Waals surface area contributed by atoms with E-state index in [2.05, 4.69) is 33.9 Å². The summed E-state index contributed by atoms with van der Waals surface area (Å²) in [5.41, 5.74) is 6.91. The minimum Gasteiger partial charge on any atom is -0.465 e. The molecular weight excluding hydrogens is 482 g/mol. The van der Waals surface area contributed by atoms with Crippen LogP contribution in [0.4, 0.5) is 5.00 Å². The number of methoxy groups -OCH3 is 1. The quantitative estimate of drug-likeness (QED) is 0.329. The highest BCUT2D eigenvalue weighted by Gasteiger charge is 2.26. The van der Waals surface area contributed by atoms with Gasteiger partial charge in [0, 0.05) is 21.9 Å². The summed E-state index contributed by atoms with van der Waals surface area (Å²) in [6, 6.07) is 2.20. The summed E-state index contributed by atoms with van der Waals surface area (Å²) < 4.78 is 6.80. The summed E-state index contributed by atoms with van der Waals surface area (Å²) in [5.74, 6) is -0.874. The molecule has 0 atom stereocenters. The lowest BCUT2D eigenvalue weighted by atomic mass is 10.1. The largest absolute Gasteiger partial charge is 0.465 e. The number of amides is 2. The van der Waals surface area contributed by atoms with Crippen molar-refractivity contribution in [2.75, 3.05) is 18.2 Å². The third-order valence-corrected chi connectivity index (χ3v) is 8.03. The van der Waals surface area contributed by atoms with Crippen LogP contribution in [0.5, 0.6) is 0 Å². The fourth-order valence-electron chi connectivity index (χ4n) is 3.20. The average Bonchev–Trinajstić information content (AvgIpc) is 3.48. The molecule has 9 nitrogen and oxygen atoms in total. The van der Waals surface area contributed by atoms with Gasteiger partial charge in [-0.05, 0) is 38.8 Å². The SMILES string of the molecule is CCc1cc(-c2nnc(SCC(=O)Nc3sc(C(N)=O)c(C)c3C(=O)OC)n2C(C)C)cs1. The first-order chi connectivity index (χ1) is 15.7. The number of aromatic nitrogens is 3. The zero-order chi connectivity index (χ0) is 24.3. The Morgan fingerprint density at radius 1 is 1.30 bits per heavy atom. The van der Waals surface area contributed by atoms with E-state index in [-0.39, 0.29) is 33.1 Å². The molecule has 3 aromatic rings. The standard InChI is InChI=1S/C21H25N5O4S3/c1-6-13-7-12(8-31-13)18-24-25-21(26(18)10(2)3)32-9-14(27)23-19-15(20(29)30-5)11(4)16(33-19)17(22)28/h7-8,10H,6,9H2,1-5H3,(H2,22,28)(H,23,27). The number of esters is 1. The lowest BCUT2D eigenvalue weighted by Crippen LogP contribution is -2.16. The molecule has 3 heterocycles. The molecule has 0 bridgehead atoms. The Hall–Kier alpha value is -2.70. The predicted octanol–water partition coefficient (Wildman–Crippen LogP) is 4.14. The molecule has 0 aliphatic heterocycles. The number of aryl methyl sites for hydroxylation is 1. The molecule has 0 aliphatic carbocycles. The Labute approximate surface area is 203 Å². The summed E-state index contributed by atoms with van der Waals surface area (Å²) in [4.78, 5) is 38.0. The molecule has 0 fully saturated rings. The number of carbonyl (C=O) groups excluding carboxylic acids is 3. The molecule has 176 valence electrons. The molecule has 33 heavy (non-hydrogen) atoms. The van der Waals surface area contributed by atoms with Crippen molar-refractivity contribution in [2.24, 2.45) is 5.73 Å². The molecule has 12 heteroatoms. The Morgan fingerprint density at radius 2 is 2.03 bits per heavy atom. The summed E-state index contributed by atoms with van der Waals surface area (Å²) in [7, 11) is 1.23. The summed E-state index contributed by atoms with van der Waals surface area (Å²) in [5, 5.41) is 14.3. The normalized spacial score (nSPS) is 11.1. The number of thioether (sulfide) groups is 1. The van der Waals surface area contributed by atoms with Crippen LogP contribution in [0.15, 0.2) is 16.6 Å². The van der Waals surface area contributed by atoms with Crippen molar-refractivity contribution >= 4 is 57.2 Å². The highest BCUT2D eigenvalue weighted by Crippen LogP contribution is 2.34. The zero-order valence-electron chi connectivity index (χ0n) is 18.9. The van der Waals surface area contributed by atoms with Crippen molar-refractivity contribution in [2.45, 2.75) is 45.3 Å². The van der Waals surface area contributed by atoms with E-state index in [0.29, 0.717) is 10.7 Å². The molecule has 0 saturated heterocycles. The summed E-state index contributed by atoms with van der Waals surface area (Å²) in [6.07, 6.45) is 0.954. The molecule has 3 aromatic heterocycles. The number of nitrogens with one attached hydrogen (secondary N) is 1. The van der Waals surface area contributed by atoms with Crippen LogP contribution in [0.2, 0.25) is 0 Å². The molecule has 0 aliphatic rings. The number of ether oxygens (including phenoxy) is 1. The Balaban J connectivity index is 1.79. The van der Waals surface area contributed by atoms with Crippen LogP contribution in [0.25, 0.3) is 11.4 Å². The molecule has 0 saturated carbocycles. The van der Waals surface area contributed by atoms with Gasteiger partial charge >= 0.3 is 5.97 Å². The van der Waals surface area contributed by atoms with Crippen molar-refractivity contribution in [3.8, 4) is 11.4 Å². The van der Waals surface area contributed by atoms with Crippen LogP contribution in [-0.2, 0) is 16.0 Å². The predicted molar refractivity (Wildman–Crippen MR) is 131 cm³/mol. The van der Waals surface area contributed by atoms with Crippen LogP contribution >= 0.6 is 34.4 Å². The maximum atomic E-state index is 12.7.